The Kier molecular flexibility index (Phi) is 5.47. The fourth-order valence-corrected chi connectivity index (χ4v) is 6.60. The Labute approximate surface area is 254 Å². The van der Waals surface area contributed by atoms with Gasteiger partial charge in [0.05, 0.1) is 27.8 Å². The van der Waals surface area contributed by atoms with Crippen LogP contribution in [-0.2, 0) is 0 Å². The molecular weight excluding hydrogens is 536 g/mol. The molecule has 6 aromatic carbocycles. The summed E-state index contributed by atoms with van der Waals surface area (Å²) in [4.78, 5) is 10.1. The molecule has 0 unspecified atom stereocenters. The van der Waals surface area contributed by atoms with Gasteiger partial charge in [-0.2, -0.15) is 0 Å². The van der Waals surface area contributed by atoms with Crippen molar-refractivity contribution in [3.8, 4) is 39.5 Å². The van der Waals surface area contributed by atoms with E-state index in [1.807, 2.05) is 24.3 Å². The first kappa shape index (κ1) is 24.6. The number of hydrogen-bond donors (Lipinski definition) is 0. The number of nitrogens with zero attached hydrogens (tertiary/aromatic N) is 4. The largest absolute Gasteiger partial charge is 0.293 e. The highest BCUT2D eigenvalue weighted by atomic mass is 15.1. The van der Waals surface area contributed by atoms with Crippen molar-refractivity contribution in [1.82, 2.24) is 18.9 Å². The lowest BCUT2D eigenvalue weighted by Gasteiger charge is -2.12. The molecule has 0 N–H and O–H groups in total. The third-order valence-corrected chi connectivity index (χ3v) is 8.50. The van der Waals surface area contributed by atoms with Crippen LogP contribution in [-0.4, -0.2) is 18.9 Å². The summed E-state index contributed by atoms with van der Waals surface area (Å²) in [6, 6.07) is 55.4. The van der Waals surface area contributed by atoms with E-state index in [1.54, 1.807) is 0 Å². The summed E-state index contributed by atoms with van der Waals surface area (Å²) in [6.07, 6.45) is 0. The zero-order valence-electron chi connectivity index (χ0n) is 23.8. The summed E-state index contributed by atoms with van der Waals surface area (Å²) in [5, 5.41) is 2.25. The first-order valence-electron chi connectivity index (χ1n) is 14.9. The van der Waals surface area contributed by atoms with Crippen LogP contribution < -0.4 is 0 Å². The second kappa shape index (κ2) is 9.79. The normalized spacial score (nSPS) is 11.6. The van der Waals surface area contributed by atoms with Crippen molar-refractivity contribution in [2.75, 3.05) is 0 Å². The van der Waals surface area contributed by atoms with Crippen molar-refractivity contribution < 1.29 is 0 Å². The molecule has 0 spiro atoms. The molecule has 0 fully saturated rings. The predicted octanol–water partition coefficient (Wildman–Crippen LogP) is 9.98. The molecule has 0 aliphatic carbocycles. The van der Waals surface area contributed by atoms with E-state index in [2.05, 4.69) is 142 Å². The molecule has 3 heterocycles. The van der Waals surface area contributed by atoms with Gasteiger partial charge in [-0.05, 0) is 48.0 Å². The fraction of sp³-hybridized carbons (Fsp3) is 0. The van der Waals surface area contributed by atoms with Crippen molar-refractivity contribution in [2.24, 2.45) is 0 Å². The van der Waals surface area contributed by atoms with E-state index >= 15 is 0 Å². The van der Waals surface area contributed by atoms with Crippen LogP contribution in [0.3, 0.4) is 0 Å². The molecule has 0 atom stereocenters. The standard InChI is InChI=1S/C40H26N4/c1-3-14-27(15-4-1)39-41-33-22-9-7-20-31(33)38(42-39)29-17-13-16-28(26-29)37-32-21-8-10-23-34(32)44-36-25-12-11-24-35(36)43(40(37)44)30-18-5-2-6-19-30/h1-26H. The third-order valence-electron chi connectivity index (χ3n) is 8.50. The van der Waals surface area contributed by atoms with E-state index in [-0.39, 0.29) is 0 Å². The Hall–Kier alpha value is -6.00. The second-order valence-corrected chi connectivity index (χ2v) is 11.1. The quantitative estimate of drug-likeness (QED) is 0.214. The maximum Gasteiger partial charge on any atom is 0.160 e. The van der Waals surface area contributed by atoms with Crippen LogP contribution in [0.25, 0.3) is 77.9 Å². The van der Waals surface area contributed by atoms with E-state index in [4.69, 9.17) is 9.97 Å². The van der Waals surface area contributed by atoms with E-state index in [9.17, 15) is 0 Å². The lowest BCUT2D eigenvalue weighted by Crippen LogP contribution is -1.96. The summed E-state index contributed by atoms with van der Waals surface area (Å²) in [5.41, 5.74) is 12.1. The molecule has 0 bridgehead atoms. The number of rotatable bonds is 4. The first-order valence-corrected chi connectivity index (χ1v) is 14.9. The second-order valence-electron chi connectivity index (χ2n) is 11.1. The van der Waals surface area contributed by atoms with Gasteiger partial charge >= 0.3 is 0 Å². The van der Waals surface area contributed by atoms with Gasteiger partial charge in [-0.15, -0.1) is 0 Å². The highest BCUT2D eigenvalue weighted by Gasteiger charge is 2.22. The van der Waals surface area contributed by atoms with E-state index in [0.29, 0.717) is 0 Å². The predicted molar refractivity (Wildman–Crippen MR) is 181 cm³/mol. The molecular formula is C40H26N4. The molecule has 0 aliphatic rings. The molecule has 9 rings (SSSR count). The number of benzene rings is 6. The molecule has 0 aliphatic heterocycles. The van der Waals surface area contributed by atoms with Gasteiger partial charge in [0.2, 0.25) is 0 Å². The minimum Gasteiger partial charge on any atom is -0.293 e. The van der Waals surface area contributed by atoms with Gasteiger partial charge in [0.25, 0.3) is 0 Å². The number of imidazole rings is 1. The van der Waals surface area contributed by atoms with Crippen LogP contribution in [0.4, 0.5) is 0 Å². The zero-order chi connectivity index (χ0) is 29.0. The van der Waals surface area contributed by atoms with Crippen LogP contribution in [0.2, 0.25) is 0 Å². The molecule has 4 nitrogen and oxygen atoms in total. The molecule has 0 radical (unpaired) electrons. The maximum absolute atomic E-state index is 5.17. The highest BCUT2D eigenvalue weighted by Crippen LogP contribution is 2.42. The minimum absolute atomic E-state index is 0.727. The topological polar surface area (TPSA) is 35.1 Å². The lowest BCUT2D eigenvalue weighted by atomic mass is 9.98. The van der Waals surface area contributed by atoms with E-state index in [0.717, 1.165) is 50.4 Å². The number of fused-ring (bicyclic) bond motifs is 6. The number of para-hydroxylation sites is 5. The average Bonchev–Trinajstić information content (AvgIpc) is 3.61. The van der Waals surface area contributed by atoms with Gasteiger partial charge < -0.3 is 0 Å². The molecule has 0 amide bonds. The molecule has 3 aromatic heterocycles. The average molecular weight is 563 g/mol. The van der Waals surface area contributed by atoms with Crippen molar-refractivity contribution in [2.45, 2.75) is 0 Å². The Morgan fingerprint density at radius 3 is 1.86 bits per heavy atom. The highest BCUT2D eigenvalue weighted by molar-refractivity contribution is 6.09. The van der Waals surface area contributed by atoms with E-state index < -0.39 is 0 Å². The summed E-state index contributed by atoms with van der Waals surface area (Å²) in [5.74, 6) is 0.727. The third kappa shape index (κ3) is 3.71. The molecule has 206 valence electrons. The Morgan fingerprint density at radius 2 is 1.05 bits per heavy atom. The van der Waals surface area contributed by atoms with Gasteiger partial charge in [0.1, 0.15) is 5.65 Å². The molecule has 0 saturated carbocycles. The van der Waals surface area contributed by atoms with E-state index in [1.165, 1.54) is 27.5 Å². The number of aromatic nitrogens is 4. The lowest BCUT2D eigenvalue weighted by molar-refractivity contribution is 1.15. The van der Waals surface area contributed by atoms with Gasteiger partial charge in [-0.1, -0.05) is 115 Å². The summed E-state index contributed by atoms with van der Waals surface area (Å²) >= 11 is 0. The van der Waals surface area contributed by atoms with Crippen molar-refractivity contribution in [1.29, 1.82) is 0 Å². The molecule has 9 aromatic rings. The fourth-order valence-electron chi connectivity index (χ4n) is 6.60. The van der Waals surface area contributed by atoms with Crippen LogP contribution in [0.5, 0.6) is 0 Å². The molecule has 4 heteroatoms. The van der Waals surface area contributed by atoms with Crippen molar-refractivity contribution >= 4 is 38.5 Å². The Morgan fingerprint density at radius 1 is 0.432 bits per heavy atom. The summed E-state index contributed by atoms with van der Waals surface area (Å²) < 4.78 is 4.80. The first-order chi connectivity index (χ1) is 21.8. The van der Waals surface area contributed by atoms with Crippen LogP contribution in [0.15, 0.2) is 158 Å². The summed E-state index contributed by atoms with van der Waals surface area (Å²) in [7, 11) is 0. The van der Waals surface area contributed by atoms with Gasteiger partial charge in [-0.3, -0.25) is 8.97 Å². The SMILES string of the molecule is c1ccc(-c2nc(-c3cccc(-c4c5ccccc5n5c6ccccc6n(-c6ccccc6)c45)c3)c3ccccc3n2)cc1. The minimum atomic E-state index is 0.727. The summed E-state index contributed by atoms with van der Waals surface area (Å²) in [6.45, 7) is 0. The van der Waals surface area contributed by atoms with Gasteiger partial charge in [0.15, 0.2) is 5.82 Å². The van der Waals surface area contributed by atoms with Crippen LogP contribution in [0, 0.1) is 0 Å². The molecule has 44 heavy (non-hydrogen) atoms. The van der Waals surface area contributed by atoms with Crippen molar-refractivity contribution in [3.05, 3.63) is 158 Å². The van der Waals surface area contributed by atoms with Crippen LogP contribution >= 0.6 is 0 Å². The van der Waals surface area contributed by atoms with Gasteiger partial charge in [-0.25, -0.2) is 9.97 Å². The number of hydrogen-bond acceptors (Lipinski definition) is 2. The van der Waals surface area contributed by atoms with Gasteiger partial charge in [0, 0.05) is 33.2 Å². The Balaban J connectivity index is 1.36. The van der Waals surface area contributed by atoms with Crippen molar-refractivity contribution in [3.63, 3.8) is 0 Å². The zero-order valence-corrected chi connectivity index (χ0v) is 23.8. The Bertz CT molecular complexity index is 2490. The monoisotopic (exact) mass is 562 g/mol. The maximum atomic E-state index is 5.17. The smallest absolute Gasteiger partial charge is 0.160 e. The molecule has 0 saturated heterocycles. The van der Waals surface area contributed by atoms with Crippen LogP contribution in [0.1, 0.15) is 0 Å².